The number of rotatable bonds is 4. The Hall–Kier alpha value is -6.50. The largest absolute Gasteiger partial charge is 0.0622 e. The van der Waals surface area contributed by atoms with Gasteiger partial charge in [-0.2, -0.15) is 0 Å². The number of benzene rings is 9. The molecule has 11 rings (SSSR count). The van der Waals surface area contributed by atoms with Crippen molar-refractivity contribution in [1.82, 2.24) is 0 Å². The fourth-order valence-electron chi connectivity index (χ4n) is 10.4. The molecule has 0 amide bonds. The summed E-state index contributed by atoms with van der Waals surface area (Å²) in [5, 5.41) is 5.39. The van der Waals surface area contributed by atoms with E-state index in [1.807, 2.05) is 0 Å². The minimum atomic E-state index is -0.152. The molecule has 0 atom stereocenters. The normalized spacial score (nSPS) is 12.7. The minimum Gasteiger partial charge on any atom is -0.0622 e. The van der Waals surface area contributed by atoms with Crippen LogP contribution in [0.1, 0.15) is 52.7 Å². The van der Waals surface area contributed by atoms with Gasteiger partial charge in [0.05, 0.1) is 0 Å². The topological polar surface area (TPSA) is 0 Å². The third-order valence-electron chi connectivity index (χ3n) is 12.8. The molecule has 0 bridgehead atoms. The van der Waals surface area contributed by atoms with Crippen LogP contribution in [0.3, 0.4) is 0 Å². The van der Waals surface area contributed by atoms with Crippen molar-refractivity contribution in [2.45, 2.75) is 52.4 Å². The molecule has 0 radical (unpaired) electrons. The standard InChI is InChI=1S/C58H46/c1-57(2,3)45-34-44-51-47(37-25-15-9-16-26-37)41-29-19-20-30-42(41)48(38-27-17-10-18-28-38)56(51)55-46(58(4,5)6)33-43-49-39(35-21-11-7-12-22-35)31-32-40(36-23-13-8-14-24-36)50(49)54(45)52(43)53(44)55/h7-34H,1-6H3. The summed E-state index contributed by atoms with van der Waals surface area (Å²) in [6.07, 6.45) is 0. The lowest BCUT2D eigenvalue weighted by Crippen LogP contribution is -2.14. The maximum atomic E-state index is 2.62. The van der Waals surface area contributed by atoms with E-state index in [0.29, 0.717) is 0 Å². The first kappa shape index (κ1) is 34.7. The molecular formula is C58H46. The first-order chi connectivity index (χ1) is 28.1. The summed E-state index contributed by atoms with van der Waals surface area (Å²) in [5.41, 5.74) is 23.7. The second-order valence-electron chi connectivity index (χ2n) is 18.4. The lowest BCUT2D eigenvalue weighted by Gasteiger charge is -2.27. The maximum Gasteiger partial charge on any atom is -0.000442 e. The molecule has 2 aliphatic carbocycles. The van der Waals surface area contributed by atoms with E-state index >= 15 is 0 Å². The van der Waals surface area contributed by atoms with Gasteiger partial charge in [0.2, 0.25) is 0 Å². The summed E-state index contributed by atoms with van der Waals surface area (Å²) in [6, 6.07) is 63.6. The van der Waals surface area contributed by atoms with E-state index in [2.05, 4.69) is 211 Å². The Kier molecular flexibility index (Phi) is 7.48. The van der Waals surface area contributed by atoms with Crippen molar-refractivity contribution in [3.05, 3.63) is 181 Å². The van der Waals surface area contributed by atoms with Crippen LogP contribution in [0.5, 0.6) is 0 Å². The Balaban J connectivity index is 1.42. The predicted molar refractivity (Wildman–Crippen MR) is 249 cm³/mol. The van der Waals surface area contributed by atoms with Crippen molar-refractivity contribution in [1.29, 1.82) is 0 Å². The van der Waals surface area contributed by atoms with Gasteiger partial charge in [0, 0.05) is 0 Å². The van der Waals surface area contributed by atoms with E-state index in [0.717, 1.165) is 0 Å². The van der Waals surface area contributed by atoms with Gasteiger partial charge in [-0.25, -0.2) is 0 Å². The molecular weight excluding hydrogens is 697 g/mol. The summed E-state index contributed by atoms with van der Waals surface area (Å²) < 4.78 is 0. The molecule has 9 aromatic rings. The van der Waals surface area contributed by atoms with Crippen molar-refractivity contribution in [3.8, 4) is 89.0 Å². The number of fused-ring (bicyclic) bond motifs is 7. The average molecular weight is 743 g/mol. The molecule has 0 saturated carbocycles. The molecule has 0 heterocycles. The summed E-state index contributed by atoms with van der Waals surface area (Å²) >= 11 is 0. The fourth-order valence-corrected chi connectivity index (χ4v) is 10.4. The molecule has 0 unspecified atom stereocenters. The fraction of sp³-hybridized carbons (Fsp3) is 0.138. The van der Waals surface area contributed by atoms with Crippen LogP contribution < -0.4 is 0 Å². The highest BCUT2D eigenvalue weighted by atomic mass is 14.4. The molecule has 0 spiro atoms. The van der Waals surface area contributed by atoms with Gasteiger partial charge in [-0.1, -0.05) is 199 Å². The molecule has 0 heteroatoms. The van der Waals surface area contributed by atoms with E-state index in [1.54, 1.807) is 0 Å². The zero-order chi connectivity index (χ0) is 39.5. The molecule has 0 aliphatic heterocycles. The highest BCUT2D eigenvalue weighted by Crippen LogP contribution is 2.66. The van der Waals surface area contributed by atoms with Crippen LogP contribution in [0.25, 0.3) is 111 Å². The van der Waals surface area contributed by atoms with Gasteiger partial charge in [0.1, 0.15) is 0 Å². The van der Waals surface area contributed by atoms with E-state index in [-0.39, 0.29) is 10.8 Å². The van der Waals surface area contributed by atoms with E-state index < -0.39 is 0 Å². The number of hydrogen-bond donors (Lipinski definition) is 0. The highest BCUT2D eigenvalue weighted by molar-refractivity contribution is 6.34. The van der Waals surface area contributed by atoms with Crippen LogP contribution in [-0.2, 0) is 10.8 Å². The van der Waals surface area contributed by atoms with Gasteiger partial charge < -0.3 is 0 Å². The first-order valence-corrected chi connectivity index (χ1v) is 20.8. The van der Waals surface area contributed by atoms with Crippen LogP contribution in [0.15, 0.2) is 170 Å². The van der Waals surface area contributed by atoms with Crippen molar-refractivity contribution in [3.63, 3.8) is 0 Å². The third-order valence-corrected chi connectivity index (χ3v) is 12.8. The summed E-state index contributed by atoms with van der Waals surface area (Å²) in [6.45, 7) is 14.5. The summed E-state index contributed by atoms with van der Waals surface area (Å²) in [4.78, 5) is 0. The molecule has 0 aromatic heterocycles. The van der Waals surface area contributed by atoms with Gasteiger partial charge in [-0.3, -0.25) is 0 Å². The quantitative estimate of drug-likeness (QED) is 0.168. The van der Waals surface area contributed by atoms with Gasteiger partial charge in [-0.15, -0.1) is 0 Å². The monoisotopic (exact) mass is 742 g/mol. The van der Waals surface area contributed by atoms with Crippen molar-refractivity contribution in [2.24, 2.45) is 0 Å². The van der Waals surface area contributed by atoms with E-state index in [9.17, 15) is 0 Å². The maximum absolute atomic E-state index is 2.62. The van der Waals surface area contributed by atoms with Crippen molar-refractivity contribution >= 4 is 21.5 Å². The van der Waals surface area contributed by atoms with Crippen LogP contribution in [0.4, 0.5) is 0 Å². The van der Waals surface area contributed by atoms with Crippen LogP contribution in [0, 0.1) is 0 Å². The highest BCUT2D eigenvalue weighted by Gasteiger charge is 2.41. The Morgan fingerprint density at radius 1 is 0.259 bits per heavy atom. The molecule has 58 heavy (non-hydrogen) atoms. The Morgan fingerprint density at radius 3 is 1.03 bits per heavy atom. The molecule has 0 fully saturated rings. The molecule has 9 aromatic carbocycles. The summed E-state index contributed by atoms with van der Waals surface area (Å²) in [7, 11) is 0. The van der Waals surface area contributed by atoms with E-state index in [4.69, 9.17) is 0 Å². The van der Waals surface area contributed by atoms with Crippen LogP contribution >= 0.6 is 0 Å². The predicted octanol–water partition coefficient (Wildman–Crippen LogP) is 16.6. The Morgan fingerprint density at radius 2 is 0.603 bits per heavy atom. The molecule has 0 nitrogen and oxygen atoms in total. The lowest BCUT2D eigenvalue weighted by molar-refractivity contribution is 0.592. The minimum absolute atomic E-state index is 0.146. The first-order valence-electron chi connectivity index (χ1n) is 20.8. The second kappa shape index (κ2) is 12.5. The average Bonchev–Trinajstić information content (AvgIpc) is 3.75. The lowest BCUT2D eigenvalue weighted by atomic mass is 9.76. The molecule has 0 N–H and O–H groups in total. The van der Waals surface area contributed by atoms with Gasteiger partial charge in [0.25, 0.3) is 0 Å². The Labute approximate surface area is 342 Å². The van der Waals surface area contributed by atoms with E-state index in [1.165, 1.54) is 122 Å². The Bertz CT molecular complexity index is 3120. The van der Waals surface area contributed by atoms with Gasteiger partial charge >= 0.3 is 0 Å². The zero-order valence-electron chi connectivity index (χ0n) is 34.2. The molecule has 278 valence electrons. The zero-order valence-corrected chi connectivity index (χ0v) is 34.2. The third kappa shape index (κ3) is 4.94. The van der Waals surface area contributed by atoms with Gasteiger partial charge in [-0.05, 0) is 145 Å². The molecule has 0 saturated heterocycles. The summed E-state index contributed by atoms with van der Waals surface area (Å²) in [5.74, 6) is 0. The SMILES string of the molecule is CC(C)(C)c1cc2c3c(c(C(C)(C)C)cc4c3c1-c1c(-c3ccccc3)ccc(-c3ccccc3)c1-4)-c1c-2c(-c2ccccc2)c2ccccc2c1-c1ccccc1. The van der Waals surface area contributed by atoms with Crippen molar-refractivity contribution < 1.29 is 0 Å². The van der Waals surface area contributed by atoms with Crippen molar-refractivity contribution in [2.75, 3.05) is 0 Å². The second-order valence-corrected chi connectivity index (χ2v) is 18.4. The molecule has 2 aliphatic rings. The van der Waals surface area contributed by atoms with Crippen LogP contribution in [0.2, 0.25) is 0 Å². The smallest absolute Gasteiger partial charge is 0.000442 e. The van der Waals surface area contributed by atoms with Crippen LogP contribution in [-0.4, -0.2) is 0 Å². The van der Waals surface area contributed by atoms with Gasteiger partial charge in [0.15, 0.2) is 0 Å². The number of hydrogen-bond acceptors (Lipinski definition) is 0.